The molecule has 3 rings (SSSR count). The summed E-state index contributed by atoms with van der Waals surface area (Å²) >= 11 is 0. The first-order chi connectivity index (χ1) is 9.26. The van der Waals surface area contributed by atoms with E-state index in [0.29, 0.717) is 13.2 Å². The van der Waals surface area contributed by atoms with Crippen LogP contribution in [0.5, 0.6) is 5.75 Å². The van der Waals surface area contributed by atoms with Crippen LogP contribution in [0.4, 0.5) is 0 Å². The fourth-order valence-electron chi connectivity index (χ4n) is 2.59. The number of nitrogens with zero attached hydrogens (tertiary/aromatic N) is 2. The summed E-state index contributed by atoms with van der Waals surface area (Å²) in [5.41, 5.74) is 9.38. The first-order valence-corrected chi connectivity index (χ1v) is 6.72. The number of ether oxygens (including phenoxy) is 1. The molecule has 0 amide bonds. The lowest BCUT2D eigenvalue weighted by atomic mass is 10.1. The summed E-state index contributed by atoms with van der Waals surface area (Å²) in [6.45, 7) is 0.946. The summed E-state index contributed by atoms with van der Waals surface area (Å²) in [4.78, 5) is 4.43. The number of fused-ring (bicyclic) bond motifs is 1. The molecule has 2 aromatic rings. The second-order valence-corrected chi connectivity index (χ2v) is 5.04. The van der Waals surface area contributed by atoms with Crippen LogP contribution in [0.15, 0.2) is 24.4 Å². The van der Waals surface area contributed by atoms with Gasteiger partial charge in [0.2, 0.25) is 0 Å². The van der Waals surface area contributed by atoms with Gasteiger partial charge in [-0.3, -0.25) is 0 Å². The Morgan fingerprint density at radius 1 is 1.32 bits per heavy atom. The Morgan fingerprint density at radius 3 is 2.95 bits per heavy atom. The van der Waals surface area contributed by atoms with Crippen LogP contribution in [0.2, 0.25) is 0 Å². The predicted octanol–water partition coefficient (Wildman–Crippen LogP) is 1.95. The molecule has 19 heavy (non-hydrogen) atoms. The first-order valence-electron chi connectivity index (χ1n) is 6.72. The van der Waals surface area contributed by atoms with Crippen molar-refractivity contribution in [1.29, 1.82) is 0 Å². The van der Waals surface area contributed by atoms with E-state index in [1.165, 1.54) is 30.4 Å². The van der Waals surface area contributed by atoms with E-state index in [2.05, 4.69) is 23.2 Å². The summed E-state index contributed by atoms with van der Waals surface area (Å²) in [5, 5.41) is 0. The molecule has 0 aliphatic heterocycles. The van der Waals surface area contributed by atoms with Crippen molar-refractivity contribution in [2.45, 2.75) is 32.4 Å². The Labute approximate surface area is 113 Å². The summed E-state index contributed by atoms with van der Waals surface area (Å²) in [5.74, 6) is 1.83. The third-order valence-electron chi connectivity index (χ3n) is 3.67. The number of hydrogen-bond donors (Lipinski definition) is 1. The highest BCUT2D eigenvalue weighted by molar-refractivity contribution is 5.38. The van der Waals surface area contributed by atoms with E-state index in [1.54, 1.807) is 0 Å². The number of hydrogen-bond acceptors (Lipinski definition) is 3. The van der Waals surface area contributed by atoms with Crippen LogP contribution in [0.25, 0.3) is 0 Å². The number of nitrogens with two attached hydrogens (primary N) is 1. The van der Waals surface area contributed by atoms with Crippen LogP contribution in [0.1, 0.15) is 29.1 Å². The van der Waals surface area contributed by atoms with Crippen molar-refractivity contribution in [2.75, 3.05) is 0 Å². The van der Waals surface area contributed by atoms with E-state index >= 15 is 0 Å². The average molecular weight is 257 g/mol. The maximum absolute atomic E-state index is 5.83. The van der Waals surface area contributed by atoms with Gasteiger partial charge in [-0.2, -0.15) is 0 Å². The van der Waals surface area contributed by atoms with Gasteiger partial charge in [-0.05, 0) is 42.5 Å². The Hall–Kier alpha value is -1.81. The molecule has 1 heterocycles. The monoisotopic (exact) mass is 257 g/mol. The highest BCUT2D eigenvalue weighted by Crippen LogP contribution is 2.26. The third kappa shape index (κ3) is 2.49. The maximum Gasteiger partial charge on any atom is 0.146 e. The maximum atomic E-state index is 5.83. The van der Waals surface area contributed by atoms with Crippen molar-refractivity contribution in [2.24, 2.45) is 12.8 Å². The standard InChI is InChI=1S/C15H19N3O/c1-18-9-13(8-16)17-15(18)10-19-14-6-5-11-3-2-4-12(11)7-14/h5-7,9H,2-4,8,10,16H2,1H3. The van der Waals surface area contributed by atoms with Gasteiger partial charge in [0.05, 0.1) is 5.69 Å². The molecule has 1 aromatic carbocycles. The van der Waals surface area contributed by atoms with E-state index in [-0.39, 0.29) is 0 Å². The molecule has 0 saturated carbocycles. The molecule has 4 heteroatoms. The number of benzene rings is 1. The Kier molecular flexibility index (Phi) is 3.25. The van der Waals surface area contributed by atoms with Crippen molar-refractivity contribution < 1.29 is 4.74 Å². The molecule has 2 N–H and O–H groups in total. The van der Waals surface area contributed by atoms with E-state index in [9.17, 15) is 0 Å². The van der Waals surface area contributed by atoms with E-state index < -0.39 is 0 Å². The SMILES string of the molecule is Cn1cc(CN)nc1COc1ccc2c(c1)CCC2. The van der Waals surface area contributed by atoms with Gasteiger partial charge in [-0.25, -0.2) is 4.98 Å². The molecule has 0 radical (unpaired) electrons. The zero-order chi connectivity index (χ0) is 13.2. The van der Waals surface area contributed by atoms with Gasteiger partial charge >= 0.3 is 0 Å². The molecule has 0 fully saturated rings. The van der Waals surface area contributed by atoms with Gasteiger partial charge in [0.1, 0.15) is 18.2 Å². The highest BCUT2D eigenvalue weighted by Gasteiger charge is 2.11. The second-order valence-electron chi connectivity index (χ2n) is 5.04. The summed E-state index contributed by atoms with van der Waals surface area (Å²) in [6, 6.07) is 6.40. The zero-order valence-corrected chi connectivity index (χ0v) is 11.2. The number of rotatable bonds is 4. The lowest BCUT2D eigenvalue weighted by Gasteiger charge is -2.08. The van der Waals surface area contributed by atoms with E-state index in [0.717, 1.165) is 17.3 Å². The van der Waals surface area contributed by atoms with E-state index in [1.807, 2.05) is 17.8 Å². The third-order valence-corrected chi connectivity index (χ3v) is 3.67. The summed E-state index contributed by atoms with van der Waals surface area (Å²) < 4.78 is 7.80. The van der Waals surface area contributed by atoms with Crippen molar-refractivity contribution in [3.63, 3.8) is 0 Å². The van der Waals surface area contributed by atoms with Crippen LogP contribution in [0, 0.1) is 0 Å². The van der Waals surface area contributed by atoms with Gasteiger partial charge in [-0.15, -0.1) is 0 Å². The molecule has 4 nitrogen and oxygen atoms in total. The molecule has 1 aliphatic carbocycles. The lowest BCUT2D eigenvalue weighted by Crippen LogP contribution is -2.03. The van der Waals surface area contributed by atoms with Gasteiger partial charge in [0, 0.05) is 19.8 Å². The Bertz CT molecular complexity index is 589. The van der Waals surface area contributed by atoms with Crippen molar-refractivity contribution in [3.8, 4) is 5.75 Å². The molecule has 0 spiro atoms. The van der Waals surface area contributed by atoms with Gasteiger partial charge in [0.25, 0.3) is 0 Å². The van der Waals surface area contributed by atoms with Crippen molar-refractivity contribution in [3.05, 3.63) is 47.0 Å². The van der Waals surface area contributed by atoms with Gasteiger partial charge in [0.15, 0.2) is 0 Å². The Balaban J connectivity index is 1.70. The average Bonchev–Trinajstić information content (AvgIpc) is 3.02. The molecular formula is C15H19N3O. The summed E-state index contributed by atoms with van der Waals surface area (Å²) in [6.07, 6.45) is 5.58. The Morgan fingerprint density at radius 2 is 2.16 bits per heavy atom. The van der Waals surface area contributed by atoms with Crippen molar-refractivity contribution >= 4 is 0 Å². The molecular weight excluding hydrogens is 238 g/mol. The number of imidazole rings is 1. The molecule has 0 atom stereocenters. The minimum atomic E-state index is 0.465. The zero-order valence-electron chi connectivity index (χ0n) is 11.2. The molecule has 0 unspecified atom stereocenters. The highest BCUT2D eigenvalue weighted by atomic mass is 16.5. The van der Waals surface area contributed by atoms with Gasteiger partial charge in [-0.1, -0.05) is 6.07 Å². The fraction of sp³-hybridized carbons (Fsp3) is 0.400. The van der Waals surface area contributed by atoms with Crippen LogP contribution in [-0.2, 0) is 33.0 Å². The molecule has 1 aromatic heterocycles. The second kappa shape index (κ2) is 5.05. The minimum Gasteiger partial charge on any atom is -0.486 e. The molecule has 100 valence electrons. The van der Waals surface area contributed by atoms with Crippen LogP contribution < -0.4 is 10.5 Å². The first kappa shape index (κ1) is 12.2. The number of aryl methyl sites for hydroxylation is 3. The number of aromatic nitrogens is 2. The topological polar surface area (TPSA) is 53.1 Å². The summed E-state index contributed by atoms with van der Waals surface area (Å²) in [7, 11) is 1.97. The molecule has 0 saturated heterocycles. The van der Waals surface area contributed by atoms with Crippen LogP contribution in [-0.4, -0.2) is 9.55 Å². The van der Waals surface area contributed by atoms with Crippen LogP contribution in [0.3, 0.4) is 0 Å². The van der Waals surface area contributed by atoms with Crippen LogP contribution >= 0.6 is 0 Å². The normalized spacial score (nSPS) is 13.6. The smallest absolute Gasteiger partial charge is 0.146 e. The fourth-order valence-corrected chi connectivity index (χ4v) is 2.59. The quantitative estimate of drug-likeness (QED) is 0.910. The van der Waals surface area contributed by atoms with Gasteiger partial charge < -0.3 is 15.0 Å². The molecule has 0 bridgehead atoms. The minimum absolute atomic E-state index is 0.465. The predicted molar refractivity (Wildman–Crippen MR) is 73.9 cm³/mol. The lowest BCUT2D eigenvalue weighted by molar-refractivity contribution is 0.291. The van der Waals surface area contributed by atoms with Crippen molar-refractivity contribution in [1.82, 2.24) is 9.55 Å². The molecule has 1 aliphatic rings. The van der Waals surface area contributed by atoms with E-state index in [4.69, 9.17) is 10.5 Å². The largest absolute Gasteiger partial charge is 0.486 e.